The van der Waals surface area contributed by atoms with E-state index in [4.69, 9.17) is 11.5 Å². The highest BCUT2D eigenvalue weighted by atomic mass is 16.2. The van der Waals surface area contributed by atoms with Gasteiger partial charge in [0, 0.05) is 0 Å². The van der Waals surface area contributed by atoms with Crippen molar-refractivity contribution in [3.05, 3.63) is 0 Å². The number of nitrogens with zero attached hydrogens (tertiary/aromatic N) is 1. The van der Waals surface area contributed by atoms with Crippen molar-refractivity contribution in [3.63, 3.8) is 0 Å². The quantitative estimate of drug-likeness (QED) is 0.453. The standard InChI is InChI=1S/C10H17N3O3/c1-6(5-14)13-9(15)7(11)3-2-4-8(12)10(13)16/h5-8H,2-4,11-12H2,1H3/t6-,7-,8+/m0/s1. The first-order valence-electron chi connectivity index (χ1n) is 5.32. The maximum absolute atomic E-state index is 11.8. The third-order valence-electron chi connectivity index (χ3n) is 2.74. The number of amides is 2. The second-order valence-corrected chi connectivity index (χ2v) is 4.07. The lowest BCUT2D eigenvalue weighted by Crippen LogP contribution is -2.57. The third-order valence-corrected chi connectivity index (χ3v) is 2.74. The van der Waals surface area contributed by atoms with E-state index in [9.17, 15) is 14.4 Å². The summed E-state index contributed by atoms with van der Waals surface area (Å²) in [6.45, 7) is 1.48. The Morgan fingerprint density at radius 1 is 1.25 bits per heavy atom. The maximum Gasteiger partial charge on any atom is 0.246 e. The number of likely N-dealkylation sites (tertiary alicyclic amines) is 1. The van der Waals surface area contributed by atoms with Crippen molar-refractivity contribution >= 4 is 18.1 Å². The van der Waals surface area contributed by atoms with Gasteiger partial charge in [-0.3, -0.25) is 14.5 Å². The molecule has 0 bridgehead atoms. The van der Waals surface area contributed by atoms with Gasteiger partial charge in [-0.1, -0.05) is 0 Å². The highest BCUT2D eigenvalue weighted by Gasteiger charge is 2.35. The lowest BCUT2D eigenvalue weighted by Gasteiger charge is -2.31. The third kappa shape index (κ3) is 2.45. The highest BCUT2D eigenvalue weighted by Crippen LogP contribution is 2.13. The number of imide groups is 1. The Balaban J connectivity index is 2.98. The summed E-state index contributed by atoms with van der Waals surface area (Å²) in [4.78, 5) is 35.2. The minimum absolute atomic E-state index is 0.488. The van der Waals surface area contributed by atoms with E-state index >= 15 is 0 Å². The molecule has 6 heteroatoms. The second-order valence-electron chi connectivity index (χ2n) is 4.07. The van der Waals surface area contributed by atoms with Gasteiger partial charge in [-0.05, 0) is 26.2 Å². The van der Waals surface area contributed by atoms with E-state index in [0.29, 0.717) is 25.5 Å². The molecule has 1 saturated heterocycles. The Morgan fingerprint density at radius 3 is 2.06 bits per heavy atom. The van der Waals surface area contributed by atoms with Crippen LogP contribution < -0.4 is 11.5 Å². The monoisotopic (exact) mass is 227 g/mol. The summed E-state index contributed by atoms with van der Waals surface area (Å²) in [6, 6.07) is -2.26. The lowest BCUT2D eigenvalue weighted by molar-refractivity contribution is -0.151. The first-order chi connectivity index (χ1) is 7.49. The van der Waals surface area contributed by atoms with E-state index in [2.05, 4.69) is 0 Å². The van der Waals surface area contributed by atoms with Crippen molar-refractivity contribution < 1.29 is 14.4 Å². The van der Waals surface area contributed by atoms with Gasteiger partial charge in [-0.2, -0.15) is 0 Å². The van der Waals surface area contributed by atoms with Gasteiger partial charge in [0.1, 0.15) is 6.29 Å². The molecule has 1 aliphatic heterocycles. The molecule has 0 aromatic carbocycles. The SMILES string of the molecule is C[C@@H](C=O)N1C(=O)[C@H](N)CCC[C@H](N)C1=O. The van der Waals surface area contributed by atoms with Gasteiger partial charge in [0.25, 0.3) is 0 Å². The van der Waals surface area contributed by atoms with Gasteiger partial charge in [0.2, 0.25) is 11.8 Å². The Labute approximate surface area is 93.9 Å². The number of nitrogens with two attached hydrogens (primary N) is 2. The van der Waals surface area contributed by atoms with E-state index in [1.54, 1.807) is 0 Å². The van der Waals surface area contributed by atoms with Crippen molar-refractivity contribution in [3.8, 4) is 0 Å². The molecule has 3 atom stereocenters. The van der Waals surface area contributed by atoms with Crippen LogP contribution in [0.3, 0.4) is 0 Å². The van der Waals surface area contributed by atoms with Gasteiger partial charge >= 0.3 is 0 Å². The van der Waals surface area contributed by atoms with Crippen LogP contribution in [-0.2, 0) is 14.4 Å². The summed E-state index contributed by atoms with van der Waals surface area (Å²) in [6.07, 6.45) is 2.16. The molecule has 0 radical (unpaired) electrons. The fraction of sp³-hybridized carbons (Fsp3) is 0.700. The molecule has 1 aliphatic rings. The van der Waals surface area contributed by atoms with E-state index in [1.165, 1.54) is 6.92 Å². The van der Waals surface area contributed by atoms with Gasteiger partial charge in [0.05, 0.1) is 18.1 Å². The topological polar surface area (TPSA) is 106 Å². The number of rotatable bonds is 2. The number of hydrogen-bond acceptors (Lipinski definition) is 5. The molecule has 0 aromatic rings. The normalized spacial score (nSPS) is 29.6. The van der Waals surface area contributed by atoms with Crippen LogP contribution in [0.4, 0.5) is 0 Å². The lowest BCUT2D eigenvalue weighted by atomic mass is 10.00. The average Bonchev–Trinajstić information content (AvgIpc) is 2.27. The van der Waals surface area contributed by atoms with E-state index in [1.807, 2.05) is 0 Å². The minimum Gasteiger partial charge on any atom is -0.320 e. The summed E-state index contributed by atoms with van der Waals surface area (Å²) in [5.41, 5.74) is 11.3. The minimum atomic E-state index is -0.810. The van der Waals surface area contributed by atoms with E-state index in [0.717, 1.165) is 4.90 Å². The van der Waals surface area contributed by atoms with Gasteiger partial charge in [0.15, 0.2) is 0 Å². The average molecular weight is 227 g/mol. The molecule has 90 valence electrons. The molecule has 0 aliphatic carbocycles. The zero-order chi connectivity index (χ0) is 12.3. The Kier molecular flexibility index (Phi) is 4.14. The predicted octanol–water partition coefficient (Wildman–Crippen LogP) is -1.23. The van der Waals surface area contributed by atoms with Crippen LogP contribution in [0.25, 0.3) is 0 Å². The van der Waals surface area contributed by atoms with Crippen molar-refractivity contribution in [1.82, 2.24) is 4.90 Å². The van der Waals surface area contributed by atoms with Crippen LogP contribution in [0.1, 0.15) is 26.2 Å². The number of carbonyl (C=O) groups is 3. The molecule has 0 aromatic heterocycles. The van der Waals surface area contributed by atoms with Crippen LogP contribution in [0.5, 0.6) is 0 Å². The van der Waals surface area contributed by atoms with Crippen molar-refractivity contribution in [2.45, 2.75) is 44.3 Å². The Hall–Kier alpha value is -1.27. The summed E-state index contributed by atoms with van der Waals surface area (Å²) < 4.78 is 0. The molecule has 1 rings (SSSR count). The molecule has 0 spiro atoms. The summed E-state index contributed by atoms with van der Waals surface area (Å²) >= 11 is 0. The van der Waals surface area contributed by atoms with Crippen molar-refractivity contribution in [1.29, 1.82) is 0 Å². The first-order valence-corrected chi connectivity index (χ1v) is 5.32. The van der Waals surface area contributed by atoms with Gasteiger partial charge in [-0.15, -0.1) is 0 Å². The number of hydrogen-bond donors (Lipinski definition) is 2. The Morgan fingerprint density at radius 2 is 1.69 bits per heavy atom. The smallest absolute Gasteiger partial charge is 0.246 e. The fourth-order valence-corrected chi connectivity index (χ4v) is 1.73. The highest BCUT2D eigenvalue weighted by molar-refractivity contribution is 6.02. The molecule has 6 nitrogen and oxygen atoms in total. The van der Waals surface area contributed by atoms with Crippen LogP contribution in [-0.4, -0.2) is 41.1 Å². The molecule has 0 saturated carbocycles. The number of aldehydes is 1. The molecule has 1 heterocycles. The second kappa shape index (κ2) is 5.18. The molecule has 4 N–H and O–H groups in total. The van der Waals surface area contributed by atoms with Crippen LogP contribution in [0.2, 0.25) is 0 Å². The zero-order valence-electron chi connectivity index (χ0n) is 9.26. The fourth-order valence-electron chi connectivity index (χ4n) is 1.73. The van der Waals surface area contributed by atoms with Gasteiger partial charge in [-0.25, -0.2) is 0 Å². The molecule has 16 heavy (non-hydrogen) atoms. The van der Waals surface area contributed by atoms with Crippen LogP contribution >= 0.6 is 0 Å². The number of carbonyl (C=O) groups excluding carboxylic acids is 3. The van der Waals surface area contributed by atoms with Crippen LogP contribution in [0.15, 0.2) is 0 Å². The van der Waals surface area contributed by atoms with Gasteiger partial charge < -0.3 is 16.3 Å². The van der Waals surface area contributed by atoms with E-state index in [-0.39, 0.29) is 0 Å². The van der Waals surface area contributed by atoms with Crippen molar-refractivity contribution in [2.75, 3.05) is 0 Å². The first kappa shape index (κ1) is 12.8. The molecule has 0 unspecified atom stereocenters. The zero-order valence-corrected chi connectivity index (χ0v) is 9.26. The van der Waals surface area contributed by atoms with Crippen LogP contribution in [0, 0.1) is 0 Å². The van der Waals surface area contributed by atoms with Crippen molar-refractivity contribution in [2.24, 2.45) is 11.5 Å². The van der Waals surface area contributed by atoms with E-state index < -0.39 is 29.9 Å². The summed E-state index contributed by atoms with van der Waals surface area (Å²) in [5, 5.41) is 0. The molecule has 1 fully saturated rings. The largest absolute Gasteiger partial charge is 0.320 e. The molecular weight excluding hydrogens is 210 g/mol. The summed E-state index contributed by atoms with van der Waals surface area (Å²) in [5.74, 6) is -1.03. The predicted molar refractivity (Wildman–Crippen MR) is 57.2 cm³/mol. The Bertz CT molecular complexity index is 284. The molecule has 2 amide bonds. The maximum atomic E-state index is 11.8. The molecular formula is C10H17N3O3. The summed E-state index contributed by atoms with van der Waals surface area (Å²) in [7, 11) is 0.